The van der Waals surface area contributed by atoms with Crippen LogP contribution in [0.25, 0.3) is 10.8 Å². The highest BCUT2D eigenvalue weighted by Crippen LogP contribution is 2.27. The van der Waals surface area contributed by atoms with Gasteiger partial charge >= 0.3 is 0 Å². The average molecular weight is 304 g/mol. The summed E-state index contributed by atoms with van der Waals surface area (Å²) in [5.74, 6) is 2.23. The summed E-state index contributed by atoms with van der Waals surface area (Å²) in [6.07, 6.45) is 1.27. The first kappa shape index (κ1) is 14.6. The molecule has 2 aromatic rings. The van der Waals surface area contributed by atoms with Gasteiger partial charge in [0.1, 0.15) is 5.82 Å². The highest BCUT2D eigenvalue weighted by Gasteiger charge is 2.22. The number of benzene rings is 1. The SMILES string of the molecule is CN1CCC(CN(C)c2nc(CCl)cc3ccccc23)C1. The second-order valence-corrected chi connectivity index (χ2v) is 6.36. The fourth-order valence-electron chi connectivity index (χ4n) is 3.24. The molecule has 2 heterocycles. The van der Waals surface area contributed by atoms with Crippen molar-refractivity contribution in [3.05, 3.63) is 36.0 Å². The lowest BCUT2D eigenvalue weighted by Crippen LogP contribution is -2.28. The maximum Gasteiger partial charge on any atom is 0.136 e. The smallest absolute Gasteiger partial charge is 0.136 e. The van der Waals surface area contributed by atoms with Crippen LogP contribution >= 0.6 is 11.6 Å². The van der Waals surface area contributed by atoms with E-state index in [1.807, 2.05) is 0 Å². The maximum absolute atomic E-state index is 6.01. The molecule has 0 spiro atoms. The van der Waals surface area contributed by atoms with E-state index in [4.69, 9.17) is 16.6 Å². The predicted octanol–water partition coefficient (Wildman–Crippen LogP) is 3.36. The summed E-state index contributed by atoms with van der Waals surface area (Å²) in [5.41, 5.74) is 0.945. The number of hydrogen-bond donors (Lipinski definition) is 0. The lowest BCUT2D eigenvalue weighted by Gasteiger charge is -2.24. The molecule has 3 rings (SSSR count). The van der Waals surface area contributed by atoms with Crippen molar-refractivity contribution in [3.8, 4) is 0 Å². The Balaban J connectivity index is 1.90. The zero-order chi connectivity index (χ0) is 14.8. The van der Waals surface area contributed by atoms with Crippen LogP contribution in [0.2, 0.25) is 0 Å². The first-order chi connectivity index (χ1) is 10.2. The van der Waals surface area contributed by atoms with Crippen molar-refractivity contribution in [2.24, 2.45) is 5.92 Å². The van der Waals surface area contributed by atoms with E-state index in [-0.39, 0.29) is 0 Å². The van der Waals surface area contributed by atoms with E-state index < -0.39 is 0 Å². The van der Waals surface area contributed by atoms with Gasteiger partial charge < -0.3 is 9.80 Å². The third-order valence-corrected chi connectivity index (χ3v) is 4.57. The minimum Gasteiger partial charge on any atom is -0.359 e. The zero-order valence-corrected chi connectivity index (χ0v) is 13.5. The van der Waals surface area contributed by atoms with Gasteiger partial charge in [0.25, 0.3) is 0 Å². The fourth-order valence-corrected chi connectivity index (χ4v) is 3.38. The lowest BCUT2D eigenvalue weighted by molar-refractivity contribution is 0.395. The molecule has 1 saturated heterocycles. The number of fused-ring (bicyclic) bond motifs is 1. The van der Waals surface area contributed by atoms with Gasteiger partial charge in [0.15, 0.2) is 0 Å². The molecule has 1 aromatic carbocycles. The molecule has 4 heteroatoms. The summed E-state index contributed by atoms with van der Waals surface area (Å²) in [7, 11) is 4.34. The van der Waals surface area contributed by atoms with Gasteiger partial charge in [-0.25, -0.2) is 4.98 Å². The van der Waals surface area contributed by atoms with E-state index in [1.165, 1.54) is 30.3 Å². The van der Waals surface area contributed by atoms with Crippen molar-refractivity contribution in [2.75, 3.05) is 38.6 Å². The maximum atomic E-state index is 6.01. The molecular weight excluding hydrogens is 282 g/mol. The van der Waals surface area contributed by atoms with Crippen molar-refractivity contribution in [3.63, 3.8) is 0 Å². The molecule has 3 nitrogen and oxygen atoms in total. The van der Waals surface area contributed by atoms with Crippen LogP contribution in [0.3, 0.4) is 0 Å². The van der Waals surface area contributed by atoms with Crippen LogP contribution in [-0.4, -0.2) is 43.6 Å². The second kappa shape index (κ2) is 6.20. The number of halogens is 1. The van der Waals surface area contributed by atoms with Gasteiger partial charge in [0.2, 0.25) is 0 Å². The Hall–Kier alpha value is -1.32. The number of pyridine rings is 1. The van der Waals surface area contributed by atoms with Gasteiger partial charge in [-0.3, -0.25) is 0 Å². The zero-order valence-electron chi connectivity index (χ0n) is 12.7. The van der Waals surface area contributed by atoms with E-state index in [1.54, 1.807) is 0 Å². The first-order valence-electron chi connectivity index (χ1n) is 7.51. The topological polar surface area (TPSA) is 19.4 Å². The van der Waals surface area contributed by atoms with Crippen molar-refractivity contribution in [1.82, 2.24) is 9.88 Å². The molecule has 0 amide bonds. The van der Waals surface area contributed by atoms with Crippen LogP contribution < -0.4 is 4.90 Å². The molecule has 0 saturated carbocycles. The molecule has 1 aliphatic heterocycles. The molecule has 0 N–H and O–H groups in total. The third kappa shape index (κ3) is 3.14. The van der Waals surface area contributed by atoms with E-state index in [9.17, 15) is 0 Å². The van der Waals surface area contributed by atoms with Crippen LogP contribution in [-0.2, 0) is 5.88 Å². The number of aromatic nitrogens is 1. The van der Waals surface area contributed by atoms with E-state index in [0.29, 0.717) is 5.88 Å². The van der Waals surface area contributed by atoms with Gasteiger partial charge in [-0.1, -0.05) is 24.3 Å². The van der Waals surface area contributed by atoms with Gasteiger partial charge in [0.05, 0.1) is 11.6 Å². The summed E-state index contributed by atoms with van der Waals surface area (Å²) >= 11 is 6.01. The molecule has 0 radical (unpaired) electrons. The standard InChI is InChI=1S/C17H22ClN3/c1-20-8-7-13(11-20)12-21(2)17-16-6-4-3-5-14(16)9-15(10-18)19-17/h3-6,9,13H,7-8,10-12H2,1-2H3. The number of anilines is 1. The molecule has 1 aliphatic rings. The predicted molar refractivity (Wildman–Crippen MR) is 90.2 cm³/mol. The van der Waals surface area contributed by atoms with Gasteiger partial charge in [0, 0.05) is 25.5 Å². The van der Waals surface area contributed by atoms with Crippen molar-refractivity contribution in [1.29, 1.82) is 0 Å². The molecule has 1 fully saturated rings. The van der Waals surface area contributed by atoms with Crippen LogP contribution in [0.4, 0.5) is 5.82 Å². The molecule has 1 atom stereocenters. The summed E-state index contributed by atoms with van der Waals surface area (Å²) in [5, 5.41) is 2.42. The number of rotatable bonds is 4. The average Bonchev–Trinajstić information content (AvgIpc) is 2.91. The van der Waals surface area contributed by atoms with Crippen LogP contribution in [0.5, 0.6) is 0 Å². The minimum absolute atomic E-state index is 0.456. The van der Waals surface area contributed by atoms with Gasteiger partial charge in [-0.15, -0.1) is 11.6 Å². The van der Waals surface area contributed by atoms with E-state index >= 15 is 0 Å². The van der Waals surface area contributed by atoms with Gasteiger partial charge in [-0.2, -0.15) is 0 Å². The Morgan fingerprint density at radius 2 is 2.19 bits per heavy atom. The molecule has 1 unspecified atom stereocenters. The molecule has 0 aliphatic carbocycles. The second-order valence-electron chi connectivity index (χ2n) is 6.09. The van der Waals surface area contributed by atoms with Gasteiger partial charge in [-0.05, 0) is 37.4 Å². The van der Waals surface area contributed by atoms with Crippen molar-refractivity contribution >= 4 is 28.2 Å². The number of nitrogens with zero attached hydrogens (tertiary/aromatic N) is 3. The number of alkyl halides is 1. The number of likely N-dealkylation sites (tertiary alicyclic amines) is 1. The molecule has 112 valence electrons. The normalized spacial score (nSPS) is 19.3. The summed E-state index contributed by atoms with van der Waals surface area (Å²) in [6.45, 7) is 3.43. The molecular formula is C17H22ClN3. The summed E-state index contributed by atoms with van der Waals surface area (Å²) in [6, 6.07) is 10.5. The molecule has 21 heavy (non-hydrogen) atoms. The summed E-state index contributed by atoms with van der Waals surface area (Å²) in [4.78, 5) is 9.46. The minimum atomic E-state index is 0.456. The Morgan fingerprint density at radius 1 is 1.38 bits per heavy atom. The van der Waals surface area contributed by atoms with Crippen molar-refractivity contribution in [2.45, 2.75) is 12.3 Å². The van der Waals surface area contributed by atoms with E-state index in [0.717, 1.165) is 24.0 Å². The fraction of sp³-hybridized carbons (Fsp3) is 0.471. The van der Waals surface area contributed by atoms with Crippen LogP contribution in [0.15, 0.2) is 30.3 Å². The Morgan fingerprint density at radius 3 is 2.90 bits per heavy atom. The van der Waals surface area contributed by atoms with E-state index in [2.05, 4.69) is 54.2 Å². The monoisotopic (exact) mass is 303 g/mol. The number of hydrogen-bond acceptors (Lipinski definition) is 3. The first-order valence-corrected chi connectivity index (χ1v) is 8.05. The molecule has 1 aromatic heterocycles. The Bertz CT molecular complexity index is 628. The van der Waals surface area contributed by atoms with Crippen molar-refractivity contribution < 1.29 is 0 Å². The quantitative estimate of drug-likeness (QED) is 0.807. The van der Waals surface area contributed by atoms with Crippen LogP contribution in [0.1, 0.15) is 12.1 Å². The highest BCUT2D eigenvalue weighted by atomic mass is 35.5. The largest absolute Gasteiger partial charge is 0.359 e. The molecule has 0 bridgehead atoms. The summed E-state index contributed by atoms with van der Waals surface area (Å²) < 4.78 is 0. The van der Waals surface area contributed by atoms with Crippen LogP contribution in [0, 0.1) is 5.92 Å². The third-order valence-electron chi connectivity index (χ3n) is 4.29. The Labute approximate surface area is 131 Å². The lowest BCUT2D eigenvalue weighted by atomic mass is 10.1. The Kier molecular flexibility index (Phi) is 4.32. The highest BCUT2D eigenvalue weighted by molar-refractivity contribution is 6.17.